The molecule has 0 saturated carbocycles. The summed E-state index contributed by atoms with van der Waals surface area (Å²) < 4.78 is 23.0. The Labute approximate surface area is 171 Å². The van der Waals surface area contributed by atoms with Crippen LogP contribution in [0, 0.1) is 0 Å². The molecule has 6 nitrogen and oxygen atoms in total. The number of carbonyl (C=O) groups is 1. The zero-order chi connectivity index (χ0) is 19.9. The van der Waals surface area contributed by atoms with E-state index in [0.29, 0.717) is 45.1 Å². The summed E-state index contributed by atoms with van der Waals surface area (Å²) in [5.74, 6) is 0.0350. The summed E-state index contributed by atoms with van der Waals surface area (Å²) in [6, 6.07) is 11.9. The van der Waals surface area contributed by atoms with Crippen molar-refractivity contribution in [2.24, 2.45) is 0 Å². The quantitative estimate of drug-likeness (QED) is 0.665. The number of rotatable bonds is 7. The minimum absolute atomic E-state index is 0.0350. The largest absolute Gasteiger partial charge is 0.472 e. The van der Waals surface area contributed by atoms with Crippen LogP contribution in [0.1, 0.15) is 41.6 Å². The normalized spacial score (nSPS) is 21.4. The zero-order valence-corrected chi connectivity index (χ0v) is 16.8. The number of piperidine rings is 1. The molecular formula is C23H29NO5. The molecule has 0 radical (unpaired) electrons. The van der Waals surface area contributed by atoms with Gasteiger partial charge in [-0.3, -0.25) is 4.79 Å². The molecule has 6 heteroatoms. The lowest BCUT2D eigenvalue weighted by molar-refractivity contribution is -0.155. The van der Waals surface area contributed by atoms with E-state index in [-0.39, 0.29) is 17.6 Å². The highest BCUT2D eigenvalue weighted by molar-refractivity contribution is 5.93. The van der Waals surface area contributed by atoms with Crippen molar-refractivity contribution in [1.82, 2.24) is 4.90 Å². The Kier molecular flexibility index (Phi) is 6.64. The van der Waals surface area contributed by atoms with Gasteiger partial charge in [0.15, 0.2) is 0 Å². The lowest BCUT2D eigenvalue weighted by Crippen LogP contribution is -2.52. The molecule has 0 bridgehead atoms. The average molecular weight is 399 g/mol. The monoisotopic (exact) mass is 399 g/mol. The van der Waals surface area contributed by atoms with Crippen molar-refractivity contribution in [1.29, 1.82) is 0 Å². The predicted molar refractivity (Wildman–Crippen MR) is 108 cm³/mol. The van der Waals surface area contributed by atoms with Crippen LogP contribution in [0.25, 0.3) is 0 Å². The van der Waals surface area contributed by atoms with Crippen molar-refractivity contribution >= 4 is 5.91 Å². The van der Waals surface area contributed by atoms with E-state index in [1.165, 1.54) is 18.1 Å². The summed E-state index contributed by atoms with van der Waals surface area (Å²) >= 11 is 0. The van der Waals surface area contributed by atoms with Crippen molar-refractivity contribution in [3.63, 3.8) is 0 Å². The first-order valence-corrected chi connectivity index (χ1v) is 10.4. The summed E-state index contributed by atoms with van der Waals surface area (Å²) in [6.45, 7) is 3.92. The lowest BCUT2D eigenvalue weighted by Gasteiger charge is -2.46. The first kappa shape index (κ1) is 20.1. The highest BCUT2D eigenvalue weighted by Gasteiger charge is 2.41. The molecule has 1 atom stereocenters. The van der Waals surface area contributed by atoms with Crippen molar-refractivity contribution in [2.45, 2.75) is 44.0 Å². The van der Waals surface area contributed by atoms with Crippen LogP contribution in [0.5, 0.6) is 0 Å². The molecule has 2 aromatic rings. The predicted octanol–water partition coefficient (Wildman–Crippen LogP) is 3.67. The molecule has 0 aliphatic carbocycles. The SMILES string of the molecule is O=C(c1ccoc1)N1CCC2(CC1)CC(OCCOCc1ccccc1)CCO2. The van der Waals surface area contributed by atoms with Crippen molar-refractivity contribution in [2.75, 3.05) is 32.9 Å². The summed E-state index contributed by atoms with van der Waals surface area (Å²) in [5.41, 5.74) is 1.62. The minimum atomic E-state index is -0.166. The molecule has 1 spiro atoms. The molecule has 156 valence electrons. The van der Waals surface area contributed by atoms with Crippen LogP contribution in [0.4, 0.5) is 0 Å². The summed E-state index contributed by atoms with van der Waals surface area (Å²) in [7, 11) is 0. The molecule has 3 heterocycles. The van der Waals surface area contributed by atoms with Crippen LogP contribution in [0.15, 0.2) is 53.3 Å². The molecule has 1 aromatic heterocycles. The van der Waals surface area contributed by atoms with Crippen LogP contribution in [0.2, 0.25) is 0 Å². The Morgan fingerprint density at radius 2 is 1.97 bits per heavy atom. The summed E-state index contributed by atoms with van der Waals surface area (Å²) in [6.07, 6.45) is 6.74. The van der Waals surface area contributed by atoms with E-state index < -0.39 is 0 Å². The molecule has 2 saturated heterocycles. The number of ether oxygens (including phenoxy) is 3. The molecule has 29 heavy (non-hydrogen) atoms. The molecule has 1 amide bonds. The Bertz CT molecular complexity index is 753. The van der Waals surface area contributed by atoms with E-state index in [2.05, 4.69) is 12.1 Å². The van der Waals surface area contributed by atoms with Gasteiger partial charge in [-0.05, 0) is 30.9 Å². The molecule has 4 rings (SSSR count). The van der Waals surface area contributed by atoms with Crippen LogP contribution < -0.4 is 0 Å². The second-order valence-corrected chi connectivity index (χ2v) is 7.86. The van der Waals surface area contributed by atoms with Gasteiger partial charge in [0.05, 0.1) is 43.4 Å². The Balaban J connectivity index is 1.18. The Morgan fingerprint density at radius 3 is 2.72 bits per heavy atom. The van der Waals surface area contributed by atoms with Crippen molar-refractivity contribution in [3.8, 4) is 0 Å². The maximum absolute atomic E-state index is 12.5. The molecule has 2 fully saturated rings. The molecule has 2 aliphatic rings. The first-order valence-electron chi connectivity index (χ1n) is 10.4. The van der Waals surface area contributed by atoms with E-state index in [0.717, 1.165) is 25.7 Å². The maximum atomic E-state index is 12.5. The fourth-order valence-corrected chi connectivity index (χ4v) is 4.20. The van der Waals surface area contributed by atoms with E-state index in [1.54, 1.807) is 6.07 Å². The average Bonchev–Trinajstić information content (AvgIpc) is 3.30. The lowest BCUT2D eigenvalue weighted by atomic mass is 9.83. The number of likely N-dealkylation sites (tertiary alicyclic amines) is 1. The number of hydrogen-bond acceptors (Lipinski definition) is 5. The van der Waals surface area contributed by atoms with Crippen molar-refractivity contribution < 1.29 is 23.4 Å². The van der Waals surface area contributed by atoms with Gasteiger partial charge in [0.1, 0.15) is 6.26 Å². The number of amides is 1. The number of carbonyl (C=O) groups excluding carboxylic acids is 1. The third-order valence-corrected chi connectivity index (χ3v) is 5.87. The van der Waals surface area contributed by atoms with Gasteiger partial charge >= 0.3 is 0 Å². The van der Waals surface area contributed by atoms with E-state index in [9.17, 15) is 4.79 Å². The van der Waals surface area contributed by atoms with Gasteiger partial charge in [-0.25, -0.2) is 0 Å². The number of furan rings is 1. The van der Waals surface area contributed by atoms with E-state index in [4.69, 9.17) is 18.6 Å². The first-order chi connectivity index (χ1) is 14.2. The highest BCUT2D eigenvalue weighted by Crippen LogP contribution is 2.36. The van der Waals surface area contributed by atoms with Gasteiger partial charge in [0.25, 0.3) is 5.91 Å². The Hall–Kier alpha value is -2.15. The van der Waals surface area contributed by atoms with E-state index in [1.807, 2.05) is 23.1 Å². The second-order valence-electron chi connectivity index (χ2n) is 7.86. The summed E-state index contributed by atoms with van der Waals surface area (Å²) in [4.78, 5) is 14.4. The Morgan fingerprint density at radius 1 is 1.14 bits per heavy atom. The molecule has 2 aliphatic heterocycles. The fourth-order valence-electron chi connectivity index (χ4n) is 4.20. The van der Waals surface area contributed by atoms with Crippen LogP contribution >= 0.6 is 0 Å². The van der Waals surface area contributed by atoms with Gasteiger partial charge < -0.3 is 23.5 Å². The smallest absolute Gasteiger partial charge is 0.257 e. The molecule has 1 aromatic carbocycles. The summed E-state index contributed by atoms with van der Waals surface area (Å²) in [5, 5.41) is 0. The standard InChI is InChI=1S/C23H29NO5/c25-22(20-6-12-26-18-20)24-10-8-23(9-11-24)16-21(7-13-29-23)28-15-14-27-17-19-4-2-1-3-5-19/h1-6,12,18,21H,7-11,13-17H2. The van der Waals surface area contributed by atoms with Gasteiger partial charge in [-0.2, -0.15) is 0 Å². The van der Waals surface area contributed by atoms with Gasteiger partial charge in [-0.1, -0.05) is 30.3 Å². The third kappa shape index (κ3) is 5.26. The zero-order valence-electron chi connectivity index (χ0n) is 16.8. The molecular weight excluding hydrogens is 370 g/mol. The third-order valence-electron chi connectivity index (χ3n) is 5.87. The van der Waals surface area contributed by atoms with Crippen molar-refractivity contribution in [3.05, 3.63) is 60.1 Å². The van der Waals surface area contributed by atoms with E-state index >= 15 is 0 Å². The molecule has 0 N–H and O–H groups in total. The highest BCUT2D eigenvalue weighted by atomic mass is 16.5. The maximum Gasteiger partial charge on any atom is 0.257 e. The van der Waals surface area contributed by atoms with Gasteiger partial charge in [-0.15, -0.1) is 0 Å². The minimum Gasteiger partial charge on any atom is -0.472 e. The number of nitrogens with zero attached hydrogens (tertiary/aromatic N) is 1. The van der Waals surface area contributed by atoms with Gasteiger partial charge in [0, 0.05) is 26.1 Å². The second kappa shape index (κ2) is 9.57. The fraction of sp³-hybridized carbons (Fsp3) is 0.522. The number of benzene rings is 1. The topological polar surface area (TPSA) is 61.1 Å². The van der Waals surface area contributed by atoms with Crippen LogP contribution in [0.3, 0.4) is 0 Å². The van der Waals surface area contributed by atoms with Gasteiger partial charge in [0.2, 0.25) is 0 Å². The van der Waals surface area contributed by atoms with Crippen LogP contribution in [-0.2, 0) is 20.8 Å². The van der Waals surface area contributed by atoms with Crippen LogP contribution in [-0.4, -0.2) is 55.4 Å². The molecule has 1 unspecified atom stereocenters. The number of hydrogen-bond donors (Lipinski definition) is 0.